The monoisotopic (exact) mass is 267 g/mol. The highest BCUT2D eigenvalue weighted by atomic mass is 15.2. The van der Waals surface area contributed by atoms with Crippen molar-refractivity contribution in [3.8, 4) is 0 Å². The van der Waals surface area contributed by atoms with E-state index < -0.39 is 0 Å². The summed E-state index contributed by atoms with van der Waals surface area (Å²) in [5, 5.41) is 0. The molecule has 0 spiro atoms. The van der Waals surface area contributed by atoms with Crippen LogP contribution in [0.4, 0.5) is 11.5 Å². The highest BCUT2D eigenvalue weighted by Gasteiger charge is 2.14. The van der Waals surface area contributed by atoms with E-state index in [1.54, 1.807) is 0 Å². The van der Waals surface area contributed by atoms with Gasteiger partial charge in [0, 0.05) is 24.5 Å². The molecule has 104 valence electrons. The van der Waals surface area contributed by atoms with Gasteiger partial charge in [-0.25, -0.2) is 4.98 Å². The summed E-state index contributed by atoms with van der Waals surface area (Å²) in [7, 11) is 0. The van der Waals surface area contributed by atoms with Gasteiger partial charge in [-0.2, -0.15) is 0 Å². The van der Waals surface area contributed by atoms with Crippen LogP contribution in [0.5, 0.6) is 0 Å². The van der Waals surface area contributed by atoms with E-state index in [1.807, 2.05) is 12.1 Å². The maximum absolute atomic E-state index is 5.74. The van der Waals surface area contributed by atoms with E-state index >= 15 is 0 Å². The van der Waals surface area contributed by atoms with Crippen LogP contribution in [0, 0.1) is 0 Å². The number of nitrogens with zero attached hydrogens (tertiary/aromatic N) is 2. The van der Waals surface area contributed by atoms with E-state index in [0.29, 0.717) is 0 Å². The van der Waals surface area contributed by atoms with Gasteiger partial charge in [0.25, 0.3) is 0 Å². The fourth-order valence-electron chi connectivity index (χ4n) is 2.78. The number of nitrogens with two attached hydrogens (primary N) is 1. The number of benzene rings is 1. The van der Waals surface area contributed by atoms with E-state index in [-0.39, 0.29) is 0 Å². The van der Waals surface area contributed by atoms with Gasteiger partial charge in [0.1, 0.15) is 5.82 Å². The first-order valence-electron chi connectivity index (χ1n) is 7.34. The molecular weight excluding hydrogens is 246 g/mol. The van der Waals surface area contributed by atoms with Crippen LogP contribution in [0.2, 0.25) is 0 Å². The number of aryl methyl sites for hydroxylation is 2. The first kappa shape index (κ1) is 13.0. The third kappa shape index (κ3) is 2.62. The van der Waals surface area contributed by atoms with Gasteiger partial charge in [0.05, 0.1) is 0 Å². The van der Waals surface area contributed by atoms with Crippen LogP contribution in [0.15, 0.2) is 36.4 Å². The van der Waals surface area contributed by atoms with Crippen molar-refractivity contribution in [1.82, 2.24) is 4.98 Å². The van der Waals surface area contributed by atoms with Crippen LogP contribution in [0.3, 0.4) is 0 Å². The Balaban J connectivity index is 1.81. The molecule has 2 N–H and O–H groups in total. The van der Waals surface area contributed by atoms with E-state index in [0.717, 1.165) is 31.0 Å². The number of rotatable bonds is 4. The molecule has 3 nitrogen and oxygen atoms in total. The molecule has 1 aliphatic carbocycles. The molecule has 0 unspecified atom stereocenters. The Kier molecular flexibility index (Phi) is 3.59. The average Bonchev–Trinajstić information content (AvgIpc) is 2.94. The van der Waals surface area contributed by atoms with Crippen molar-refractivity contribution in [2.75, 3.05) is 17.2 Å². The normalized spacial score (nSPS) is 13.2. The van der Waals surface area contributed by atoms with Crippen molar-refractivity contribution in [3.63, 3.8) is 0 Å². The van der Waals surface area contributed by atoms with E-state index in [2.05, 4.69) is 36.1 Å². The van der Waals surface area contributed by atoms with Crippen molar-refractivity contribution in [2.24, 2.45) is 0 Å². The van der Waals surface area contributed by atoms with Gasteiger partial charge in [-0.1, -0.05) is 18.2 Å². The summed E-state index contributed by atoms with van der Waals surface area (Å²) in [6.45, 7) is 4.00. The molecule has 1 aromatic carbocycles. The second kappa shape index (κ2) is 5.53. The van der Waals surface area contributed by atoms with Crippen molar-refractivity contribution in [3.05, 3.63) is 53.2 Å². The summed E-state index contributed by atoms with van der Waals surface area (Å²) >= 11 is 0. The lowest BCUT2D eigenvalue weighted by molar-refractivity contribution is 0.807. The highest BCUT2D eigenvalue weighted by molar-refractivity contribution is 5.45. The van der Waals surface area contributed by atoms with Gasteiger partial charge in [-0.15, -0.1) is 0 Å². The van der Waals surface area contributed by atoms with Crippen molar-refractivity contribution in [2.45, 2.75) is 32.7 Å². The Morgan fingerprint density at radius 3 is 2.65 bits per heavy atom. The molecule has 0 amide bonds. The molecule has 0 saturated carbocycles. The zero-order valence-electron chi connectivity index (χ0n) is 12.0. The molecule has 2 aromatic rings. The Morgan fingerprint density at radius 2 is 1.90 bits per heavy atom. The Bertz CT molecular complexity index is 590. The van der Waals surface area contributed by atoms with Crippen LogP contribution >= 0.6 is 0 Å². The standard InChI is InChI=1S/C17H21N3/c1-2-20(12-13-6-9-15(18)10-7-13)17-11-8-14-4-3-5-16(14)19-17/h6-11H,2-5,12,18H2,1H3. The van der Waals surface area contributed by atoms with Crippen LogP contribution in [-0.2, 0) is 19.4 Å². The second-order valence-corrected chi connectivity index (χ2v) is 5.38. The lowest BCUT2D eigenvalue weighted by Gasteiger charge is -2.22. The molecule has 3 rings (SSSR count). The summed E-state index contributed by atoms with van der Waals surface area (Å²) in [5.41, 5.74) is 10.5. The Morgan fingerprint density at radius 1 is 1.10 bits per heavy atom. The molecule has 0 saturated heterocycles. The predicted molar refractivity (Wildman–Crippen MR) is 83.8 cm³/mol. The minimum Gasteiger partial charge on any atom is -0.399 e. The number of aromatic nitrogens is 1. The fraction of sp³-hybridized carbons (Fsp3) is 0.353. The number of fused-ring (bicyclic) bond motifs is 1. The highest BCUT2D eigenvalue weighted by Crippen LogP contribution is 2.24. The largest absolute Gasteiger partial charge is 0.399 e. The van der Waals surface area contributed by atoms with E-state index in [4.69, 9.17) is 10.7 Å². The number of anilines is 2. The van der Waals surface area contributed by atoms with Crippen LogP contribution in [0.25, 0.3) is 0 Å². The number of nitrogen functional groups attached to an aromatic ring is 1. The minimum absolute atomic E-state index is 0.812. The van der Waals surface area contributed by atoms with Gasteiger partial charge < -0.3 is 10.6 Å². The van der Waals surface area contributed by atoms with Crippen molar-refractivity contribution < 1.29 is 0 Å². The van der Waals surface area contributed by atoms with E-state index in [1.165, 1.54) is 29.7 Å². The lowest BCUT2D eigenvalue weighted by Crippen LogP contribution is -2.23. The summed E-state index contributed by atoms with van der Waals surface area (Å²) in [4.78, 5) is 7.15. The molecule has 1 heterocycles. The van der Waals surface area contributed by atoms with Crippen molar-refractivity contribution in [1.29, 1.82) is 0 Å². The summed E-state index contributed by atoms with van der Waals surface area (Å²) in [6.07, 6.45) is 3.56. The van der Waals surface area contributed by atoms with Crippen molar-refractivity contribution >= 4 is 11.5 Å². The molecule has 1 aromatic heterocycles. The zero-order valence-corrected chi connectivity index (χ0v) is 12.0. The van der Waals surface area contributed by atoms with Gasteiger partial charge in [0.15, 0.2) is 0 Å². The molecule has 0 aliphatic heterocycles. The SMILES string of the molecule is CCN(Cc1ccc(N)cc1)c1ccc2c(n1)CCC2. The molecule has 0 radical (unpaired) electrons. The number of hydrogen-bond donors (Lipinski definition) is 1. The molecule has 1 aliphatic rings. The smallest absolute Gasteiger partial charge is 0.129 e. The third-order valence-electron chi connectivity index (χ3n) is 3.97. The maximum Gasteiger partial charge on any atom is 0.129 e. The van der Waals surface area contributed by atoms with Crippen LogP contribution < -0.4 is 10.6 Å². The van der Waals surface area contributed by atoms with Gasteiger partial charge in [0.2, 0.25) is 0 Å². The van der Waals surface area contributed by atoms with Crippen LogP contribution in [0.1, 0.15) is 30.2 Å². The lowest BCUT2D eigenvalue weighted by atomic mass is 10.2. The summed E-state index contributed by atoms with van der Waals surface area (Å²) in [6, 6.07) is 12.5. The molecule has 3 heteroatoms. The Hall–Kier alpha value is -2.03. The molecule has 0 bridgehead atoms. The van der Waals surface area contributed by atoms with Gasteiger partial charge in [-0.3, -0.25) is 0 Å². The maximum atomic E-state index is 5.74. The van der Waals surface area contributed by atoms with Gasteiger partial charge in [-0.05, 0) is 55.5 Å². The summed E-state index contributed by atoms with van der Waals surface area (Å²) < 4.78 is 0. The van der Waals surface area contributed by atoms with E-state index in [9.17, 15) is 0 Å². The quantitative estimate of drug-likeness (QED) is 0.865. The average molecular weight is 267 g/mol. The fourth-order valence-corrected chi connectivity index (χ4v) is 2.78. The molecule has 0 atom stereocenters. The number of pyridine rings is 1. The molecule has 0 fully saturated rings. The third-order valence-corrected chi connectivity index (χ3v) is 3.97. The topological polar surface area (TPSA) is 42.1 Å². The minimum atomic E-state index is 0.812. The zero-order chi connectivity index (χ0) is 13.9. The second-order valence-electron chi connectivity index (χ2n) is 5.38. The number of hydrogen-bond acceptors (Lipinski definition) is 3. The van der Waals surface area contributed by atoms with Crippen LogP contribution in [-0.4, -0.2) is 11.5 Å². The predicted octanol–water partition coefficient (Wildman–Crippen LogP) is 3.18. The first-order chi connectivity index (χ1) is 9.76. The molecule has 20 heavy (non-hydrogen) atoms. The van der Waals surface area contributed by atoms with Gasteiger partial charge >= 0.3 is 0 Å². The summed E-state index contributed by atoms with van der Waals surface area (Å²) in [5.74, 6) is 1.09. The molecular formula is C17H21N3. The first-order valence-corrected chi connectivity index (χ1v) is 7.34. The Labute approximate surface area is 120 Å².